The Kier molecular flexibility index (Phi) is 5.08. The number of likely N-dealkylation sites (tertiary alicyclic amines) is 1. The van der Waals surface area contributed by atoms with Gasteiger partial charge in [0.1, 0.15) is 17.8 Å². The first kappa shape index (κ1) is 20.1. The summed E-state index contributed by atoms with van der Waals surface area (Å²) in [6.07, 6.45) is -2.20. The first-order chi connectivity index (χ1) is 14.2. The summed E-state index contributed by atoms with van der Waals surface area (Å²) in [5.41, 5.74) is 0.115. The Balaban J connectivity index is 1.56. The van der Waals surface area contributed by atoms with Gasteiger partial charge in [0.15, 0.2) is 0 Å². The van der Waals surface area contributed by atoms with E-state index in [0.29, 0.717) is 31.0 Å². The van der Waals surface area contributed by atoms with Crippen LogP contribution >= 0.6 is 0 Å². The van der Waals surface area contributed by atoms with E-state index in [1.807, 2.05) is 0 Å². The van der Waals surface area contributed by atoms with Crippen molar-refractivity contribution in [3.05, 3.63) is 63.8 Å². The second-order valence-electron chi connectivity index (χ2n) is 7.61. The minimum atomic E-state index is -4.55. The van der Waals surface area contributed by atoms with Gasteiger partial charge in [-0.2, -0.15) is 13.2 Å². The molecule has 0 aliphatic carbocycles. The number of alkyl halides is 3. The molecule has 0 unspecified atom stereocenters. The zero-order valence-electron chi connectivity index (χ0n) is 15.9. The maximum absolute atomic E-state index is 12.8. The fraction of sp³-hybridized carbons (Fsp3) is 0.400. The standard InChI is InChI=1S/C20H19F3N4O3/c21-20(22,23)11-25-17(28)14-4-5-16-13-7-12(9-27(16)18(14)29)8-26(10-13)19(30)15-3-1-2-6-24-15/h1-6,12-13H,7-11H2,(H,25,28)/t12-,13+/m0/s1. The molecule has 0 radical (unpaired) electrons. The Bertz CT molecular complexity index is 1040. The van der Waals surface area contributed by atoms with Crippen LogP contribution in [0.4, 0.5) is 13.2 Å². The summed E-state index contributed by atoms with van der Waals surface area (Å²) in [6, 6.07) is 7.98. The lowest BCUT2D eigenvalue weighted by Crippen LogP contribution is -2.50. The third-order valence-corrected chi connectivity index (χ3v) is 5.47. The van der Waals surface area contributed by atoms with Crippen molar-refractivity contribution in [2.24, 2.45) is 5.92 Å². The zero-order chi connectivity index (χ0) is 21.5. The van der Waals surface area contributed by atoms with E-state index in [4.69, 9.17) is 0 Å². The summed E-state index contributed by atoms with van der Waals surface area (Å²) >= 11 is 0. The Morgan fingerprint density at radius 1 is 1.13 bits per heavy atom. The highest BCUT2D eigenvalue weighted by molar-refractivity contribution is 5.94. The van der Waals surface area contributed by atoms with Gasteiger partial charge >= 0.3 is 6.18 Å². The molecular formula is C20H19F3N4O3. The Labute approximate surface area is 169 Å². The molecule has 4 rings (SSSR count). The van der Waals surface area contributed by atoms with Crippen LogP contribution in [0.15, 0.2) is 41.3 Å². The van der Waals surface area contributed by atoms with Gasteiger partial charge in [0.25, 0.3) is 17.4 Å². The molecule has 2 aliphatic heterocycles. The van der Waals surface area contributed by atoms with Crippen LogP contribution in [0.3, 0.4) is 0 Å². The van der Waals surface area contributed by atoms with Crippen LogP contribution in [0.25, 0.3) is 0 Å². The number of hydrogen-bond donors (Lipinski definition) is 1. The lowest BCUT2D eigenvalue weighted by Gasteiger charge is -2.42. The fourth-order valence-corrected chi connectivity index (χ4v) is 4.21. The molecule has 2 aromatic heterocycles. The van der Waals surface area contributed by atoms with Crippen LogP contribution in [0, 0.1) is 5.92 Å². The molecule has 0 saturated carbocycles. The average molecular weight is 420 g/mol. The molecule has 2 aliphatic rings. The number of amides is 2. The summed E-state index contributed by atoms with van der Waals surface area (Å²) < 4.78 is 38.5. The third kappa shape index (κ3) is 3.94. The fourth-order valence-electron chi connectivity index (χ4n) is 4.21. The summed E-state index contributed by atoms with van der Waals surface area (Å²) in [4.78, 5) is 43.4. The SMILES string of the molecule is O=C(NCC(F)(F)F)c1ccc2n(c1=O)C[C@H]1C[C@@H]2CN(C(=O)c2ccccn2)C1. The molecule has 1 fully saturated rings. The van der Waals surface area contributed by atoms with E-state index in [9.17, 15) is 27.6 Å². The lowest BCUT2D eigenvalue weighted by molar-refractivity contribution is -0.123. The lowest BCUT2D eigenvalue weighted by atomic mass is 9.82. The van der Waals surface area contributed by atoms with Crippen LogP contribution < -0.4 is 10.9 Å². The van der Waals surface area contributed by atoms with E-state index in [1.54, 1.807) is 40.7 Å². The Hall–Kier alpha value is -3.17. The predicted molar refractivity (Wildman–Crippen MR) is 100 cm³/mol. The number of rotatable bonds is 3. The van der Waals surface area contributed by atoms with Gasteiger partial charge in [0.2, 0.25) is 0 Å². The number of carbonyl (C=O) groups is 2. The Morgan fingerprint density at radius 3 is 2.63 bits per heavy atom. The van der Waals surface area contributed by atoms with E-state index in [1.165, 1.54) is 10.6 Å². The first-order valence-electron chi connectivity index (χ1n) is 9.52. The number of pyridine rings is 2. The summed E-state index contributed by atoms with van der Waals surface area (Å²) in [5, 5.41) is 1.74. The van der Waals surface area contributed by atoms with Gasteiger partial charge in [0, 0.05) is 37.4 Å². The number of halogens is 3. The van der Waals surface area contributed by atoms with E-state index >= 15 is 0 Å². The topological polar surface area (TPSA) is 84.3 Å². The van der Waals surface area contributed by atoms with Crippen molar-refractivity contribution in [2.45, 2.75) is 25.1 Å². The van der Waals surface area contributed by atoms with Gasteiger partial charge in [-0.05, 0) is 36.6 Å². The largest absolute Gasteiger partial charge is 0.405 e. The molecule has 0 spiro atoms. The highest BCUT2D eigenvalue weighted by Gasteiger charge is 2.37. The van der Waals surface area contributed by atoms with E-state index in [2.05, 4.69) is 4.98 Å². The molecule has 158 valence electrons. The maximum atomic E-state index is 12.8. The van der Waals surface area contributed by atoms with Gasteiger partial charge < -0.3 is 14.8 Å². The quantitative estimate of drug-likeness (QED) is 0.821. The average Bonchev–Trinajstić information content (AvgIpc) is 2.72. The van der Waals surface area contributed by atoms with Crippen molar-refractivity contribution < 1.29 is 22.8 Å². The van der Waals surface area contributed by atoms with Crippen LogP contribution in [0.1, 0.15) is 38.9 Å². The van der Waals surface area contributed by atoms with Crippen LogP contribution in [0.2, 0.25) is 0 Å². The summed E-state index contributed by atoms with van der Waals surface area (Å²) in [7, 11) is 0. The van der Waals surface area contributed by atoms with Crippen molar-refractivity contribution in [1.29, 1.82) is 0 Å². The summed E-state index contributed by atoms with van der Waals surface area (Å²) in [6.45, 7) is -0.340. The van der Waals surface area contributed by atoms with Gasteiger partial charge in [-0.25, -0.2) is 0 Å². The monoisotopic (exact) mass is 420 g/mol. The van der Waals surface area contributed by atoms with Gasteiger partial charge in [-0.1, -0.05) is 6.07 Å². The smallest absolute Gasteiger partial charge is 0.343 e. The third-order valence-electron chi connectivity index (χ3n) is 5.47. The Morgan fingerprint density at radius 2 is 1.93 bits per heavy atom. The van der Waals surface area contributed by atoms with Gasteiger partial charge in [-0.15, -0.1) is 0 Å². The molecule has 1 N–H and O–H groups in total. The van der Waals surface area contributed by atoms with Crippen molar-refractivity contribution in [3.8, 4) is 0 Å². The number of fused-ring (bicyclic) bond motifs is 4. The van der Waals surface area contributed by atoms with Crippen LogP contribution in [-0.4, -0.2) is 52.1 Å². The van der Waals surface area contributed by atoms with Crippen molar-refractivity contribution in [3.63, 3.8) is 0 Å². The van der Waals surface area contributed by atoms with Gasteiger partial charge in [-0.3, -0.25) is 19.4 Å². The summed E-state index contributed by atoms with van der Waals surface area (Å²) in [5.74, 6) is -1.31. The number of carbonyl (C=O) groups excluding carboxylic acids is 2. The van der Waals surface area contributed by atoms with E-state index < -0.39 is 24.2 Å². The van der Waals surface area contributed by atoms with Crippen molar-refractivity contribution in [2.75, 3.05) is 19.6 Å². The molecule has 2 atom stereocenters. The highest BCUT2D eigenvalue weighted by Crippen LogP contribution is 2.35. The molecule has 0 aromatic carbocycles. The normalized spacial score (nSPS) is 20.4. The second-order valence-corrected chi connectivity index (χ2v) is 7.61. The highest BCUT2D eigenvalue weighted by atomic mass is 19.4. The zero-order valence-corrected chi connectivity index (χ0v) is 15.9. The second kappa shape index (κ2) is 7.58. The maximum Gasteiger partial charge on any atom is 0.405 e. The van der Waals surface area contributed by atoms with Gasteiger partial charge in [0.05, 0.1) is 0 Å². The molecule has 7 nitrogen and oxygen atoms in total. The first-order valence-corrected chi connectivity index (χ1v) is 9.52. The van der Waals surface area contributed by atoms with Crippen LogP contribution in [-0.2, 0) is 6.54 Å². The number of piperidine rings is 1. The number of aromatic nitrogens is 2. The van der Waals surface area contributed by atoms with E-state index in [0.717, 1.165) is 6.42 Å². The number of nitrogens with zero attached hydrogens (tertiary/aromatic N) is 3. The van der Waals surface area contributed by atoms with Crippen molar-refractivity contribution >= 4 is 11.8 Å². The molecule has 30 heavy (non-hydrogen) atoms. The van der Waals surface area contributed by atoms with Crippen molar-refractivity contribution in [1.82, 2.24) is 19.8 Å². The molecular weight excluding hydrogens is 401 g/mol. The minimum Gasteiger partial charge on any atom is -0.343 e. The molecule has 4 heterocycles. The predicted octanol–water partition coefficient (Wildman–Crippen LogP) is 1.79. The molecule has 10 heteroatoms. The van der Waals surface area contributed by atoms with Crippen LogP contribution in [0.5, 0.6) is 0 Å². The molecule has 1 saturated heterocycles. The molecule has 2 amide bonds. The molecule has 2 aromatic rings. The van der Waals surface area contributed by atoms with E-state index in [-0.39, 0.29) is 23.3 Å². The minimum absolute atomic E-state index is 0.00935. The molecule has 2 bridgehead atoms. The number of nitrogens with one attached hydrogen (secondary N) is 1. The number of hydrogen-bond acceptors (Lipinski definition) is 4.